The largest absolute Gasteiger partial charge is 0.312 e. The minimum absolute atomic E-state index is 0.0899. The number of nitrogens with zero attached hydrogens (tertiary/aromatic N) is 1. The molecule has 3 heteroatoms. The molecule has 2 saturated heterocycles. The summed E-state index contributed by atoms with van der Waals surface area (Å²) in [4.78, 5) is 0. The lowest BCUT2D eigenvalue weighted by Gasteiger charge is -2.44. The molecule has 2 rings (SSSR count). The summed E-state index contributed by atoms with van der Waals surface area (Å²) in [6, 6.07) is 0. The lowest BCUT2D eigenvalue weighted by molar-refractivity contribution is -0.960. The zero-order chi connectivity index (χ0) is 8.66. The highest BCUT2D eigenvalue weighted by molar-refractivity contribution is 9.09. The minimum Gasteiger partial charge on any atom is -0.312 e. The first-order valence-electron chi connectivity index (χ1n) is 4.85. The van der Waals surface area contributed by atoms with E-state index in [1.54, 1.807) is 0 Å². The van der Waals surface area contributed by atoms with Crippen molar-refractivity contribution in [1.82, 2.24) is 0 Å². The van der Waals surface area contributed by atoms with Crippen LogP contribution in [0.1, 0.15) is 26.2 Å². The minimum atomic E-state index is -0.0899. The Bertz CT molecular complexity index is 175. The molecule has 2 heterocycles. The summed E-state index contributed by atoms with van der Waals surface area (Å²) in [5, 5.41) is 0. The standard InChI is InChI=1S/C9H17BrNO/c1-9(10)11(7-8-12-9)5-3-2-4-6-11/h2-8H2,1H3/q+1. The van der Waals surface area contributed by atoms with Crippen LogP contribution in [0.5, 0.6) is 0 Å². The van der Waals surface area contributed by atoms with Gasteiger partial charge in [0.15, 0.2) is 0 Å². The van der Waals surface area contributed by atoms with E-state index in [0.29, 0.717) is 0 Å². The first kappa shape index (κ1) is 8.97. The summed E-state index contributed by atoms with van der Waals surface area (Å²) in [6.45, 7) is 6.87. The molecule has 0 aromatic rings. The molecule has 0 N–H and O–H groups in total. The third-order valence-electron chi connectivity index (χ3n) is 3.40. The normalized spacial score (nSPS) is 40.5. The maximum atomic E-state index is 5.72. The fourth-order valence-corrected chi connectivity index (χ4v) is 3.18. The molecule has 12 heavy (non-hydrogen) atoms. The fraction of sp³-hybridized carbons (Fsp3) is 1.00. The number of halogens is 1. The summed E-state index contributed by atoms with van der Waals surface area (Å²) in [6.07, 6.45) is 4.14. The van der Waals surface area contributed by atoms with Gasteiger partial charge in [-0.25, -0.2) is 0 Å². The maximum Gasteiger partial charge on any atom is 0.257 e. The molecule has 1 atom stereocenters. The molecule has 0 saturated carbocycles. The van der Waals surface area contributed by atoms with E-state index in [1.807, 2.05) is 0 Å². The molecule has 2 aliphatic heterocycles. The highest BCUT2D eigenvalue weighted by Crippen LogP contribution is 2.40. The highest BCUT2D eigenvalue weighted by Gasteiger charge is 2.51. The van der Waals surface area contributed by atoms with Crippen LogP contribution in [-0.4, -0.2) is 35.4 Å². The first-order chi connectivity index (χ1) is 5.66. The number of piperidine rings is 1. The van der Waals surface area contributed by atoms with Gasteiger partial charge >= 0.3 is 0 Å². The van der Waals surface area contributed by atoms with Crippen LogP contribution >= 0.6 is 15.9 Å². The lowest BCUT2D eigenvalue weighted by atomic mass is 10.1. The van der Waals surface area contributed by atoms with Gasteiger partial charge in [0.2, 0.25) is 0 Å². The van der Waals surface area contributed by atoms with Crippen LogP contribution in [0.2, 0.25) is 0 Å². The Labute approximate surface area is 82.6 Å². The Morgan fingerprint density at radius 1 is 1.17 bits per heavy atom. The molecule has 0 radical (unpaired) electrons. The van der Waals surface area contributed by atoms with Crippen LogP contribution in [0.15, 0.2) is 0 Å². The Kier molecular flexibility index (Phi) is 2.22. The van der Waals surface area contributed by atoms with E-state index in [4.69, 9.17) is 4.74 Å². The van der Waals surface area contributed by atoms with Crippen LogP contribution in [0.3, 0.4) is 0 Å². The second-order valence-electron chi connectivity index (χ2n) is 4.09. The highest BCUT2D eigenvalue weighted by atomic mass is 79.9. The maximum absolute atomic E-state index is 5.72. The summed E-state index contributed by atoms with van der Waals surface area (Å²) in [5.41, 5.74) is 0. The van der Waals surface area contributed by atoms with Crippen molar-refractivity contribution in [3.8, 4) is 0 Å². The Morgan fingerprint density at radius 2 is 1.83 bits per heavy atom. The molecular weight excluding hydrogens is 218 g/mol. The third-order valence-corrected chi connectivity index (χ3v) is 4.39. The molecule has 1 spiro atoms. The number of rotatable bonds is 0. The molecule has 70 valence electrons. The van der Waals surface area contributed by atoms with E-state index < -0.39 is 0 Å². The van der Waals surface area contributed by atoms with Crippen molar-refractivity contribution in [1.29, 1.82) is 0 Å². The molecule has 0 bridgehead atoms. The molecule has 0 amide bonds. The zero-order valence-corrected chi connectivity index (χ0v) is 9.27. The molecule has 2 aliphatic rings. The van der Waals surface area contributed by atoms with E-state index in [-0.39, 0.29) is 4.63 Å². The summed E-state index contributed by atoms with van der Waals surface area (Å²) < 4.78 is 6.78. The van der Waals surface area contributed by atoms with Gasteiger partial charge in [0.1, 0.15) is 13.2 Å². The van der Waals surface area contributed by atoms with Gasteiger partial charge in [0.25, 0.3) is 4.63 Å². The average molecular weight is 235 g/mol. The average Bonchev–Trinajstić information content (AvgIpc) is 2.30. The Balaban J connectivity index is 2.17. The summed E-state index contributed by atoms with van der Waals surface area (Å²) in [7, 11) is 0. The van der Waals surface area contributed by atoms with Crippen LogP contribution in [0.4, 0.5) is 0 Å². The van der Waals surface area contributed by atoms with Crippen molar-refractivity contribution in [2.75, 3.05) is 26.2 Å². The Morgan fingerprint density at radius 3 is 2.33 bits per heavy atom. The van der Waals surface area contributed by atoms with Gasteiger partial charge < -0.3 is 4.74 Å². The van der Waals surface area contributed by atoms with E-state index in [2.05, 4.69) is 22.9 Å². The second kappa shape index (κ2) is 2.96. The van der Waals surface area contributed by atoms with Crippen molar-refractivity contribution in [3.05, 3.63) is 0 Å². The number of alkyl halides is 1. The summed E-state index contributed by atoms with van der Waals surface area (Å²) >= 11 is 3.71. The molecule has 0 aromatic heterocycles. The molecule has 2 nitrogen and oxygen atoms in total. The SMILES string of the molecule is CC1(Br)OCC[N+]12CCCCC2. The smallest absolute Gasteiger partial charge is 0.257 e. The molecule has 0 aromatic carbocycles. The van der Waals surface area contributed by atoms with Gasteiger partial charge in [-0.15, -0.1) is 0 Å². The van der Waals surface area contributed by atoms with Crippen molar-refractivity contribution >= 4 is 15.9 Å². The molecule has 2 fully saturated rings. The van der Waals surface area contributed by atoms with Gasteiger partial charge in [0.05, 0.1) is 13.1 Å². The van der Waals surface area contributed by atoms with Crippen molar-refractivity contribution in [2.24, 2.45) is 0 Å². The fourth-order valence-electron chi connectivity index (χ4n) is 2.48. The van der Waals surface area contributed by atoms with E-state index in [0.717, 1.165) is 11.1 Å². The van der Waals surface area contributed by atoms with Gasteiger partial charge in [-0.2, -0.15) is 0 Å². The third kappa shape index (κ3) is 1.22. The van der Waals surface area contributed by atoms with E-state index >= 15 is 0 Å². The van der Waals surface area contributed by atoms with Crippen LogP contribution in [0, 0.1) is 0 Å². The van der Waals surface area contributed by atoms with Gasteiger partial charge in [0, 0.05) is 22.9 Å². The quantitative estimate of drug-likeness (QED) is 0.355. The molecule has 1 unspecified atom stereocenters. The Hall–Kier alpha value is 0.400. The zero-order valence-electron chi connectivity index (χ0n) is 7.68. The van der Waals surface area contributed by atoms with Crippen molar-refractivity contribution in [2.45, 2.75) is 30.8 Å². The van der Waals surface area contributed by atoms with E-state index in [1.165, 1.54) is 38.9 Å². The topological polar surface area (TPSA) is 9.23 Å². The predicted molar refractivity (Wildman–Crippen MR) is 52.0 cm³/mol. The lowest BCUT2D eigenvalue weighted by Crippen LogP contribution is -2.58. The molecule has 0 aliphatic carbocycles. The van der Waals surface area contributed by atoms with Crippen molar-refractivity contribution in [3.63, 3.8) is 0 Å². The predicted octanol–water partition coefficient (Wildman–Crippen LogP) is 2.09. The first-order valence-corrected chi connectivity index (χ1v) is 5.65. The van der Waals surface area contributed by atoms with Gasteiger partial charge in [-0.3, -0.25) is 4.48 Å². The number of ether oxygens (including phenoxy) is 1. The monoisotopic (exact) mass is 234 g/mol. The number of hydrogen-bond donors (Lipinski definition) is 0. The number of hydrogen-bond acceptors (Lipinski definition) is 1. The van der Waals surface area contributed by atoms with Crippen molar-refractivity contribution < 1.29 is 9.22 Å². The second-order valence-corrected chi connectivity index (χ2v) is 5.57. The molecular formula is C9H17BrNO+. The van der Waals surface area contributed by atoms with Crippen LogP contribution in [0.25, 0.3) is 0 Å². The number of quaternary nitrogens is 1. The van der Waals surface area contributed by atoms with Gasteiger partial charge in [-0.1, -0.05) is 0 Å². The summed E-state index contributed by atoms with van der Waals surface area (Å²) in [5.74, 6) is 0. The van der Waals surface area contributed by atoms with Crippen LogP contribution in [-0.2, 0) is 4.74 Å². The van der Waals surface area contributed by atoms with E-state index in [9.17, 15) is 0 Å². The van der Waals surface area contributed by atoms with Crippen LogP contribution < -0.4 is 0 Å². The van der Waals surface area contributed by atoms with Gasteiger partial charge in [-0.05, 0) is 19.3 Å².